The van der Waals surface area contributed by atoms with Gasteiger partial charge < -0.3 is 15.5 Å². The third kappa shape index (κ3) is 5.50. The summed E-state index contributed by atoms with van der Waals surface area (Å²) in [6, 6.07) is 3.72. The number of hydrogen-bond donors (Lipinski definition) is 1. The molecule has 0 radical (unpaired) electrons. The van der Waals surface area contributed by atoms with Crippen molar-refractivity contribution in [1.82, 2.24) is 19.4 Å². The Labute approximate surface area is 290 Å². The first kappa shape index (κ1) is 35.3. The number of alkyl halides is 3. The van der Waals surface area contributed by atoms with E-state index >= 15 is 4.39 Å². The average Bonchev–Trinajstić information content (AvgIpc) is 2.94. The van der Waals surface area contributed by atoms with Crippen molar-refractivity contribution >= 4 is 49.8 Å². The van der Waals surface area contributed by atoms with E-state index in [1.54, 1.807) is 36.6 Å². The third-order valence-corrected chi connectivity index (χ3v) is 10.7. The van der Waals surface area contributed by atoms with Gasteiger partial charge in [0.05, 0.1) is 44.4 Å². The molecule has 4 aromatic rings. The number of pyridine rings is 3. The van der Waals surface area contributed by atoms with Gasteiger partial charge in [-0.15, -0.1) is 0 Å². The molecule has 6 rings (SSSR count). The van der Waals surface area contributed by atoms with Crippen LogP contribution in [0.15, 0.2) is 46.7 Å². The van der Waals surface area contributed by atoms with E-state index < -0.39 is 65.1 Å². The van der Waals surface area contributed by atoms with Crippen LogP contribution in [-0.2, 0) is 20.8 Å². The summed E-state index contributed by atoms with van der Waals surface area (Å²) >= 11 is 6.68. The van der Waals surface area contributed by atoms with E-state index in [0.29, 0.717) is 24.3 Å². The Hall–Kier alpha value is -4.50. The summed E-state index contributed by atoms with van der Waals surface area (Å²) in [5.74, 6) is -2.29. The Morgan fingerprint density at radius 2 is 1.76 bits per heavy atom. The molecule has 264 valence electrons. The number of hydrogen-bond acceptors (Lipinski definition) is 8. The number of rotatable bonds is 6. The van der Waals surface area contributed by atoms with E-state index in [1.165, 1.54) is 12.3 Å². The summed E-state index contributed by atoms with van der Waals surface area (Å²) in [6.45, 7) is 10.9. The predicted octanol–water partition coefficient (Wildman–Crippen LogP) is 5.82. The highest BCUT2D eigenvalue weighted by Gasteiger charge is 2.54. The highest BCUT2D eigenvalue weighted by molar-refractivity contribution is 7.90. The lowest BCUT2D eigenvalue weighted by Crippen LogP contribution is -2.73. The van der Waals surface area contributed by atoms with Crippen molar-refractivity contribution in [2.45, 2.75) is 44.7 Å². The summed E-state index contributed by atoms with van der Waals surface area (Å²) in [4.78, 5) is 37.7. The summed E-state index contributed by atoms with van der Waals surface area (Å²) in [5.41, 5.74) is 1.23. The van der Waals surface area contributed by atoms with E-state index in [2.05, 4.69) is 16.5 Å². The number of carbonyl (C=O) groups is 1. The van der Waals surface area contributed by atoms with Crippen LogP contribution in [0.1, 0.15) is 42.1 Å². The van der Waals surface area contributed by atoms with Crippen molar-refractivity contribution in [3.63, 3.8) is 0 Å². The Kier molecular flexibility index (Phi) is 8.33. The molecular weight excluding hydrogens is 700 g/mol. The van der Waals surface area contributed by atoms with Crippen LogP contribution in [0.2, 0.25) is 5.02 Å². The molecule has 2 saturated heterocycles. The van der Waals surface area contributed by atoms with Crippen LogP contribution in [0, 0.1) is 25.1 Å². The second-order valence-corrected chi connectivity index (χ2v) is 15.8. The SMILES string of the molecule is C=CC(=O)N1CC2(C1)CN(c1c(S(C)(=O)=O)c(=O)n(-c3c(C)ccnc3C(C)C)c3c(F)c(-c4nc(N)cc(C)c4C(F)(F)F)c(Cl)cc13)C2. The van der Waals surface area contributed by atoms with Gasteiger partial charge in [-0.05, 0) is 55.2 Å². The summed E-state index contributed by atoms with van der Waals surface area (Å²) in [6.07, 6.45) is -1.48. The zero-order valence-electron chi connectivity index (χ0n) is 27.7. The molecule has 1 spiro atoms. The minimum Gasteiger partial charge on any atom is -0.384 e. The number of carbonyl (C=O) groups excluding carboxylic acids is 1. The first-order valence-electron chi connectivity index (χ1n) is 15.5. The van der Waals surface area contributed by atoms with Gasteiger partial charge in [-0.2, -0.15) is 13.2 Å². The molecule has 0 saturated carbocycles. The van der Waals surface area contributed by atoms with Crippen LogP contribution in [-0.4, -0.2) is 66.2 Å². The third-order valence-electron chi connectivity index (χ3n) is 9.24. The van der Waals surface area contributed by atoms with E-state index in [9.17, 15) is 31.2 Å². The normalized spacial score (nSPS) is 15.8. The van der Waals surface area contributed by atoms with Gasteiger partial charge >= 0.3 is 6.18 Å². The number of sulfone groups is 1. The van der Waals surface area contributed by atoms with Gasteiger partial charge in [0.1, 0.15) is 5.82 Å². The van der Waals surface area contributed by atoms with Crippen molar-refractivity contribution in [2.75, 3.05) is 43.1 Å². The van der Waals surface area contributed by atoms with Crippen LogP contribution < -0.4 is 16.2 Å². The standard InChI is InChI=1S/C34H33ClF4N6O4S/c1-7-22(46)43-12-33(13-43)14-44(15-33)30-19-11-20(35)23(27-24(34(37,38)39)18(5)10-21(40)42-27)25(36)29(19)45(32(47)31(30)50(6,48)49)28-17(4)8-9-41-26(28)16(2)3/h7-11,16H,1,12-15H2,2-6H3,(H2,40,42). The number of nitrogens with two attached hydrogens (primary N) is 1. The van der Waals surface area contributed by atoms with Crippen molar-refractivity contribution < 1.29 is 30.8 Å². The smallest absolute Gasteiger partial charge is 0.384 e. The molecule has 0 atom stereocenters. The molecule has 2 N–H and O–H groups in total. The van der Waals surface area contributed by atoms with Crippen LogP contribution in [0.5, 0.6) is 0 Å². The fourth-order valence-corrected chi connectivity index (χ4v) is 8.49. The topological polar surface area (TPSA) is 131 Å². The zero-order valence-corrected chi connectivity index (χ0v) is 29.3. The number of nitrogens with zero attached hydrogens (tertiary/aromatic N) is 5. The van der Waals surface area contributed by atoms with Gasteiger partial charge in [-0.1, -0.05) is 32.0 Å². The minimum atomic E-state index is -5.00. The number of aryl methyl sites for hydroxylation is 2. The quantitative estimate of drug-likeness (QED) is 0.194. The lowest BCUT2D eigenvalue weighted by Gasteiger charge is -2.61. The number of anilines is 2. The molecule has 0 aliphatic carbocycles. The molecule has 2 aliphatic rings. The first-order chi connectivity index (χ1) is 23.2. The molecule has 2 aliphatic heterocycles. The predicted molar refractivity (Wildman–Crippen MR) is 183 cm³/mol. The Morgan fingerprint density at radius 3 is 2.32 bits per heavy atom. The van der Waals surface area contributed by atoms with E-state index in [0.717, 1.165) is 29.9 Å². The molecule has 16 heteroatoms. The molecule has 3 aromatic heterocycles. The van der Waals surface area contributed by atoms with Gasteiger partial charge in [0.15, 0.2) is 20.5 Å². The van der Waals surface area contributed by atoms with E-state index in [4.69, 9.17) is 17.3 Å². The van der Waals surface area contributed by atoms with Gasteiger partial charge in [0.2, 0.25) is 5.91 Å². The number of likely N-dealkylation sites (tertiary alicyclic amines) is 1. The Morgan fingerprint density at radius 1 is 1.12 bits per heavy atom. The number of halogens is 5. The lowest BCUT2D eigenvalue weighted by atomic mass is 9.72. The maximum atomic E-state index is 17.5. The van der Waals surface area contributed by atoms with Gasteiger partial charge in [0.25, 0.3) is 5.56 Å². The number of aromatic nitrogens is 3. The maximum absolute atomic E-state index is 17.5. The van der Waals surface area contributed by atoms with Crippen molar-refractivity contribution in [1.29, 1.82) is 0 Å². The fraction of sp³-hybridized carbons (Fsp3) is 0.353. The van der Waals surface area contributed by atoms with Crippen molar-refractivity contribution in [2.24, 2.45) is 5.41 Å². The van der Waals surface area contributed by atoms with Gasteiger partial charge in [-0.25, -0.2) is 17.8 Å². The summed E-state index contributed by atoms with van der Waals surface area (Å²) < 4.78 is 89.1. The molecule has 1 amide bonds. The summed E-state index contributed by atoms with van der Waals surface area (Å²) in [7, 11) is -4.35. The highest BCUT2D eigenvalue weighted by Crippen LogP contribution is 2.49. The number of fused-ring (bicyclic) bond motifs is 1. The van der Waals surface area contributed by atoms with Gasteiger partial charge in [0, 0.05) is 49.4 Å². The van der Waals surface area contributed by atoms with Gasteiger partial charge in [-0.3, -0.25) is 19.1 Å². The monoisotopic (exact) mass is 732 g/mol. The molecule has 10 nitrogen and oxygen atoms in total. The maximum Gasteiger partial charge on any atom is 0.418 e. The Bertz CT molecular complexity index is 2310. The van der Waals surface area contributed by atoms with Crippen LogP contribution in [0.3, 0.4) is 0 Å². The largest absolute Gasteiger partial charge is 0.418 e. The molecule has 50 heavy (non-hydrogen) atoms. The van der Waals surface area contributed by atoms with Crippen LogP contribution in [0.4, 0.5) is 29.1 Å². The Balaban J connectivity index is 1.76. The number of nitrogen functional groups attached to an aromatic ring is 1. The second kappa shape index (κ2) is 11.8. The number of benzene rings is 1. The highest BCUT2D eigenvalue weighted by atomic mass is 35.5. The average molecular weight is 733 g/mol. The molecule has 0 unspecified atom stereocenters. The lowest BCUT2D eigenvalue weighted by molar-refractivity contribution is -0.139. The first-order valence-corrected chi connectivity index (χ1v) is 17.8. The van der Waals surface area contributed by atoms with E-state index in [1.807, 2.05) is 0 Å². The second-order valence-electron chi connectivity index (χ2n) is 13.4. The molecule has 2 fully saturated rings. The van der Waals surface area contributed by atoms with Crippen molar-refractivity contribution in [3.8, 4) is 16.9 Å². The molecular formula is C34H33ClF4N6O4S. The van der Waals surface area contributed by atoms with Crippen LogP contribution in [0.25, 0.3) is 27.8 Å². The zero-order chi connectivity index (χ0) is 36.8. The molecule has 1 aromatic carbocycles. The van der Waals surface area contributed by atoms with E-state index in [-0.39, 0.29) is 53.1 Å². The summed E-state index contributed by atoms with van der Waals surface area (Å²) in [5, 5.41) is -0.644. The minimum absolute atomic E-state index is 0.0755. The number of amides is 1. The molecule has 0 bridgehead atoms. The van der Waals surface area contributed by atoms with Crippen LogP contribution >= 0.6 is 11.6 Å². The molecule has 5 heterocycles. The fourth-order valence-electron chi connectivity index (χ4n) is 7.20. The van der Waals surface area contributed by atoms with Crippen molar-refractivity contribution in [3.05, 3.63) is 80.6 Å².